The van der Waals surface area contributed by atoms with Gasteiger partial charge in [-0.05, 0) is 127 Å². The minimum atomic E-state index is -1.26. The first-order valence-corrected chi connectivity index (χ1v) is 22.5. The Balaban J connectivity index is 1.18. The summed E-state index contributed by atoms with van der Waals surface area (Å²) in [6.45, 7) is 9.95. The van der Waals surface area contributed by atoms with Crippen molar-refractivity contribution in [2.75, 3.05) is 34.0 Å². The van der Waals surface area contributed by atoms with Crippen LogP contribution in [0.2, 0.25) is 0 Å². The molecule has 6 rings (SSSR count). The Hall–Kier alpha value is -5.68. The summed E-state index contributed by atoms with van der Waals surface area (Å²) < 4.78 is 32.6. The van der Waals surface area contributed by atoms with E-state index in [1.165, 1.54) is 10.8 Å². The maximum atomic E-state index is 9.03. The molecule has 6 aromatic carbocycles. The SMILES string of the molecule is COc1ccc(C(OCCCC#Cc2ccc(C#CCCCOP(OCCC#N)N(C(C)C)C(C)C)c3cc4ccccc4cc23)(c2ccccc2)c2ccc(OC)cc2)cc1. The van der Waals surface area contributed by atoms with Crippen molar-refractivity contribution in [3.05, 3.63) is 155 Å². The second kappa shape index (κ2) is 23.0. The molecule has 0 radical (unpaired) electrons. The predicted molar refractivity (Wildman–Crippen MR) is 253 cm³/mol. The summed E-state index contributed by atoms with van der Waals surface area (Å²) in [7, 11) is 2.09. The van der Waals surface area contributed by atoms with Crippen LogP contribution in [0.4, 0.5) is 0 Å². The van der Waals surface area contributed by atoms with Gasteiger partial charge in [-0.2, -0.15) is 5.26 Å². The molecule has 0 aromatic heterocycles. The monoisotopic (exact) mass is 844 g/mol. The third-order valence-corrected chi connectivity index (χ3v) is 12.7. The van der Waals surface area contributed by atoms with Crippen LogP contribution >= 0.6 is 8.53 Å². The third-order valence-electron chi connectivity index (χ3n) is 10.6. The number of nitrogens with zero attached hydrogens (tertiary/aromatic N) is 2. The maximum absolute atomic E-state index is 9.03. The van der Waals surface area contributed by atoms with Gasteiger partial charge in [0.25, 0.3) is 8.53 Å². The Bertz CT molecular complexity index is 2470. The maximum Gasteiger partial charge on any atom is 0.259 e. The number of nitriles is 1. The van der Waals surface area contributed by atoms with Gasteiger partial charge in [-0.3, -0.25) is 0 Å². The zero-order valence-electron chi connectivity index (χ0n) is 36.8. The standard InChI is InChI=1S/C54H57N2O5P/c1-41(2)56(42(3)4)62(61-38-18-35-55)60-37-17-9-11-20-44-26-25-43(52-39-45-21-14-15-22-46(45)40-53(44)52)19-10-8-16-36-59-54(47-23-12-7-13-24-47,48-27-31-50(57-5)32-28-48)49-29-33-51(58-6)34-30-49/h7,12-15,21-34,39-42H,8-9,16-18,36-38H2,1-6H3. The second-order valence-corrected chi connectivity index (χ2v) is 16.9. The van der Waals surface area contributed by atoms with Gasteiger partial charge >= 0.3 is 0 Å². The van der Waals surface area contributed by atoms with E-state index >= 15 is 0 Å². The number of ether oxygens (including phenoxy) is 3. The highest BCUT2D eigenvalue weighted by Crippen LogP contribution is 2.46. The number of unbranched alkanes of at least 4 members (excludes halogenated alkanes) is 2. The van der Waals surface area contributed by atoms with Crippen molar-refractivity contribution in [2.24, 2.45) is 0 Å². The van der Waals surface area contributed by atoms with Crippen LogP contribution in [0.3, 0.4) is 0 Å². The molecule has 0 aliphatic heterocycles. The van der Waals surface area contributed by atoms with Crippen molar-refractivity contribution in [3.63, 3.8) is 0 Å². The van der Waals surface area contributed by atoms with E-state index in [1.54, 1.807) is 14.2 Å². The largest absolute Gasteiger partial charge is 0.497 e. The topological polar surface area (TPSA) is 73.2 Å². The number of fused-ring (bicyclic) bond motifs is 2. The summed E-state index contributed by atoms with van der Waals surface area (Å²) in [5.74, 6) is 15.4. The first kappa shape index (κ1) is 45.8. The summed E-state index contributed by atoms with van der Waals surface area (Å²) in [5.41, 5.74) is 4.13. The fraction of sp³-hybridized carbons (Fsp3) is 0.315. The molecule has 0 aliphatic carbocycles. The first-order chi connectivity index (χ1) is 30.3. The Morgan fingerprint density at radius 1 is 0.565 bits per heavy atom. The molecule has 0 bridgehead atoms. The van der Waals surface area contributed by atoms with Crippen LogP contribution in [0.1, 0.15) is 87.6 Å². The smallest absolute Gasteiger partial charge is 0.259 e. The van der Waals surface area contributed by atoms with Crippen molar-refractivity contribution >= 4 is 30.1 Å². The minimum Gasteiger partial charge on any atom is -0.497 e. The van der Waals surface area contributed by atoms with Crippen LogP contribution < -0.4 is 9.47 Å². The summed E-state index contributed by atoms with van der Waals surface area (Å²) in [6.07, 6.45) is 3.20. The highest BCUT2D eigenvalue weighted by molar-refractivity contribution is 7.44. The van der Waals surface area contributed by atoms with E-state index in [0.717, 1.165) is 62.9 Å². The lowest BCUT2D eigenvalue weighted by Gasteiger charge is -2.36. The van der Waals surface area contributed by atoms with E-state index in [1.807, 2.05) is 42.5 Å². The van der Waals surface area contributed by atoms with Crippen molar-refractivity contribution < 1.29 is 23.3 Å². The van der Waals surface area contributed by atoms with Crippen LogP contribution in [-0.4, -0.2) is 50.8 Å². The molecule has 0 fully saturated rings. The van der Waals surface area contributed by atoms with Gasteiger partial charge in [0.15, 0.2) is 0 Å². The summed E-state index contributed by atoms with van der Waals surface area (Å²) in [5, 5.41) is 13.5. The summed E-state index contributed by atoms with van der Waals surface area (Å²) in [4.78, 5) is 0. The van der Waals surface area contributed by atoms with E-state index in [2.05, 4.69) is 147 Å². The van der Waals surface area contributed by atoms with Gasteiger partial charge in [-0.15, -0.1) is 0 Å². The first-order valence-electron chi connectivity index (χ1n) is 21.4. The summed E-state index contributed by atoms with van der Waals surface area (Å²) >= 11 is 0. The second-order valence-electron chi connectivity index (χ2n) is 15.4. The van der Waals surface area contributed by atoms with Crippen LogP contribution in [0.25, 0.3) is 21.5 Å². The molecule has 7 nitrogen and oxygen atoms in total. The molecule has 62 heavy (non-hydrogen) atoms. The van der Waals surface area contributed by atoms with Gasteiger partial charge < -0.3 is 23.3 Å². The Morgan fingerprint density at radius 3 is 1.52 bits per heavy atom. The fourth-order valence-corrected chi connectivity index (χ4v) is 9.27. The number of benzene rings is 6. The highest BCUT2D eigenvalue weighted by atomic mass is 31.2. The molecular formula is C54H57N2O5P. The molecule has 0 aliphatic rings. The molecule has 0 amide bonds. The molecule has 1 unspecified atom stereocenters. The number of methoxy groups -OCH3 is 2. The molecule has 318 valence electrons. The Kier molecular flexibility index (Phi) is 17.0. The molecule has 0 saturated heterocycles. The van der Waals surface area contributed by atoms with Gasteiger partial charge in [-0.1, -0.05) is 103 Å². The van der Waals surface area contributed by atoms with Crippen LogP contribution in [-0.2, 0) is 19.4 Å². The van der Waals surface area contributed by atoms with E-state index < -0.39 is 14.1 Å². The predicted octanol–water partition coefficient (Wildman–Crippen LogP) is 12.6. The van der Waals surface area contributed by atoms with Crippen LogP contribution in [0, 0.1) is 35.0 Å². The molecular weight excluding hydrogens is 788 g/mol. The van der Waals surface area contributed by atoms with E-state index in [9.17, 15) is 0 Å². The minimum absolute atomic E-state index is 0.260. The zero-order chi connectivity index (χ0) is 43.7. The van der Waals surface area contributed by atoms with E-state index in [-0.39, 0.29) is 12.1 Å². The Labute approximate surface area is 369 Å². The molecule has 0 heterocycles. The van der Waals surface area contributed by atoms with Crippen LogP contribution in [0.15, 0.2) is 127 Å². The van der Waals surface area contributed by atoms with Crippen molar-refractivity contribution in [2.45, 2.75) is 77.5 Å². The number of hydrogen-bond donors (Lipinski definition) is 0. The zero-order valence-corrected chi connectivity index (χ0v) is 37.7. The van der Waals surface area contributed by atoms with Crippen molar-refractivity contribution in [3.8, 4) is 41.2 Å². The molecule has 8 heteroatoms. The third kappa shape index (κ3) is 11.4. The van der Waals surface area contributed by atoms with E-state index in [0.29, 0.717) is 39.1 Å². The normalized spacial score (nSPS) is 11.9. The lowest BCUT2D eigenvalue weighted by molar-refractivity contribution is 0.0120. The molecule has 0 N–H and O–H groups in total. The van der Waals surface area contributed by atoms with E-state index in [4.69, 9.17) is 28.5 Å². The van der Waals surface area contributed by atoms with Gasteiger partial charge in [0.1, 0.15) is 17.1 Å². The number of rotatable bonds is 19. The summed E-state index contributed by atoms with van der Waals surface area (Å²) in [6, 6.07) is 46.4. The quantitative estimate of drug-likeness (QED) is 0.0264. The molecule has 0 spiro atoms. The van der Waals surface area contributed by atoms with Gasteiger partial charge in [0, 0.05) is 42.7 Å². The molecule has 6 aromatic rings. The average Bonchev–Trinajstić information content (AvgIpc) is 3.30. The van der Waals surface area contributed by atoms with Crippen LogP contribution in [0.5, 0.6) is 11.5 Å². The Morgan fingerprint density at radius 2 is 1.03 bits per heavy atom. The lowest BCUT2D eigenvalue weighted by Crippen LogP contribution is -2.33. The highest BCUT2D eigenvalue weighted by Gasteiger charge is 2.37. The molecule has 1 atom stereocenters. The average molecular weight is 845 g/mol. The lowest BCUT2D eigenvalue weighted by atomic mass is 9.80. The van der Waals surface area contributed by atoms with Crippen molar-refractivity contribution in [1.29, 1.82) is 5.26 Å². The number of hydrogen-bond acceptors (Lipinski definition) is 7. The van der Waals surface area contributed by atoms with Gasteiger partial charge in [0.05, 0.1) is 39.9 Å². The fourth-order valence-electron chi connectivity index (χ4n) is 7.64. The van der Waals surface area contributed by atoms with Gasteiger partial charge in [-0.25, -0.2) is 4.67 Å². The molecule has 0 saturated carbocycles. The van der Waals surface area contributed by atoms with Crippen molar-refractivity contribution in [1.82, 2.24) is 4.67 Å². The van der Waals surface area contributed by atoms with Gasteiger partial charge in [0.2, 0.25) is 0 Å².